The third kappa shape index (κ3) is 3.94. The summed E-state index contributed by atoms with van der Waals surface area (Å²) < 4.78 is 9.58. The number of hydrogen-bond donors (Lipinski definition) is 0. The summed E-state index contributed by atoms with van der Waals surface area (Å²) in [4.78, 5) is 0. The molecule has 0 aliphatic carbocycles. The molecule has 5 heteroatoms. The lowest BCUT2D eigenvalue weighted by Crippen LogP contribution is -2.25. The largest absolute Gasteiger partial charge is 0.312 e. The fraction of sp³-hybridized carbons (Fsp3) is 1.00. The number of nitrogens with zero attached hydrogens (tertiary/aromatic N) is 3. The molecule has 0 radical (unpaired) electrons. The molecule has 0 aromatic heterocycles. The SMILES string of the molecule is CN(C)P(C)(=N[Si](C)(C)C)N(C)C. The second-order valence-corrected chi connectivity index (χ2v) is 13.3. The molecule has 0 N–H and O–H groups in total. The van der Waals surface area contributed by atoms with Gasteiger partial charge in [-0.2, -0.15) is 0 Å². The van der Waals surface area contributed by atoms with Crippen molar-refractivity contribution in [2.24, 2.45) is 4.41 Å². The smallest absolute Gasteiger partial charge is 0.173 e. The van der Waals surface area contributed by atoms with Crippen LogP contribution in [0.3, 0.4) is 0 Å². The normalized spacial score (nSPS) is 14.0. The zero-order valence-electron chi connectivity index (χ0n) is 10.3. The van der Waals surface area contributed by atoms with E-state index < -0.39 is 15.6 Å². The van der Waals surface area contributed by atoms with E-state index in [1.165, 1.54) is 0 Å². The third-order valence-electron chi connectivity index (χ3n) is 2.00. The van der Waals surface area contributed by atoms with Crippen LogP contribution in [0.4, 0.5) is 0 Å². The van der Waals surface area contributed by atoms with Crippen molar-refractivity contribution in [1.29, 1.82) is 0 Å². The number of rotatable bonds is 3. The molecular weight excluding hydrogens is 197 g/mol. The monoisotopic (exact) mass is 221 g/mol. The molecule has 0 heterocycles. The molecule has 0 saturated heterocycles. The van der Waals surface area contributed by atoms with Gasteiger partial charge in [0.25, 0.3) is 0 Å². The molecule has 0 aromatic carbocycles. The summed E-state index contributed by atoms with van der Waals surface area (Å²) >= 11 is 0. The van der Waals surface area contributed by atoms with Crippen molar-refractivity contribution in [1.82, 2.24) is 9.34 Å². The molecule has 0 rings (SSSR count). The van der Waals surface area contributed by atoms with Crippen LogP contribution in [-0.4, -0.2) is 52.4 Å². The van der Waals surface area contributed by atoms with Gasteiger partial charge in [-0.3, -0.25) is 9.34 Å². The highest BCUT2D eigenvalue weighted by molar-refractivity contribution is 7.61. The second-order valence-electron chi connectivity index (χ2n) is 4.83. The van der Waals surface area contributed by atoms with Crippen LogP contribution in [0.15, 0.2) is 4.41 Å². The van der Waals surface area contributed by atoms with Crippen LogP contribution < -0.4 is 0 Å². The second kappa shape index (κ2) is 4.26. The Labute approximate surface area is 84.4 Å². The van der Waals surface area contributed by atoms with Crippen molar-refractivity contribution < 1.29 is 0 Å². The van der Waals surface area contributed by atoms with Crippen molar-refractivity contribution in [2.75, 3.05) is 34.9 Å². The van der Waals surface area contributed by atoms with Crippen LogP contribution in [0.5, 0.6) is 0 Å². The highest BCUT2D eigenvalue weighted by atomic mass is 31.2. The summed E-state index contributed by atoms with van der Waals surface area (Å²) in [6.07, 6.45) is 0. The Morgan fingerprint density at radius 1 is 0.923 bits per heavy atom. The summed E-state index contributed by atoms with van der Waals surface area (Å²) in [6, 6.07) is 0. The maximum atomic E-state index is 5.04. The van der Waals surface area contributed by atoms with Gasteiger partial charge in [0.1, 0.15) is 0 Å². The third-order valence-corrected chi connectivity index (χ3v) is 8.95. The molecule has 0 aliphatic heterocycles. The van der Waals surface area contributed by atoms with E-state index in [1.807, 2.05) is 0 Å². The van der Waals surface area contributed by atoms with E-state index in [2.05, 4.69) is 63.8 Å². The van der Waals surface area contributed by atoms with Gasteiger partial charge in [-0.25, -0.2) is 0 Å². The van der Waals surface area contributed by atoms with Crippen LogP contribution in [0.2, 0.25) is 19.6 Å². The molecular formula is C8H24N3PSi. The molecule has 0 unspecified atom stereocenters. The molecule has 3 nitrogen and oxygen atoms in total. The van der Waals surface area contributed by atoms with Crippen molar-refractivity contribution in [3.05, 3.63) is 0 Å². The Balaban J connectivity index is 5.14. The molecule has 0 spiro atoms. The highest BCUT2D eigenvalue weighted by Gasteiger charge is 2.23. The minimum Gasteiger partial charge on any atom is -0.312 e. The molecule has 80 valence electrons. The van der Waals surface area contributed by atoms with Crippen molar-refractivity contribution in [2.45, 2.75) is 19.6 Å². The molecule has 0 bridgehead atoms. The predicted molar refractivity (Wildman–Crippen MR) is 66.0 cm³/mol. The van der Waals surface area contributed by atoms with Gasteiger partial charge in [-0.05, 0) is 54.5 Å². The van der Waals surface area contributed by atoms with E-state index in [9.17, 15) is 0 Å². The van der Waals surface area contributed by atoms with Gasteiger partial charge in [0, 0.05) is 0 Å². The Morgan fingerprint density at radius 2 is 1.23 bits per heavy atom. The van der Waals surface area contributed by atoms with Crippen molar-refractivity contribution in [3.8, 4) is 0 Å². The minimum absolute atomic E-state index is 1.33. The molecule has 0 aromatic rings. The van der Waals surface area contributed by atoms with Crippen LogP contribution in [0, 0.1) is 0 Å². The zero-order chi connectivity index (χ0) is 10.9. The Kier molecular flexibility index (Phi) is 4.38. The van der Waals surface area contributed by atoms with Crippen LogP contribution in [-0.2, 0) is 0 Å². The van der Waals surface area contributed by atoms with E-state index in [4.69, 9.17) is 4.41 Å². The van der Waals surface area contributed by atoms with E-state index in [1.54, 1.807) is 0 Å². The van der Waals surface area contributed by atoms with Gasteiger partial charge in [0.05, 0.1) is 7.36 Å². The summed E-state index contributed by atoms with van der Waals surface area (Å²) in [5.41, 5.74) is 0. The first kappa shape index (κ1) is 13.4. The Bertz CT molecular complexity index is 206. The Hall–Kier alpha value is 0.367. The minimum atomic E-state index is -1.38. The average molecular weight is 221 g/mol. The summed E-state index contributed by atoms with van der Waals surface area (Å²) in [5.74, 6) is 0. The van der Waals surface area contributed by atoms with Gasteiger partial charge in [0.2, 0.25) is 0 Å². The predicted octanol–water partition coefficient (Wildman–Crippen LogP) is 2.61. The summed E-state index contributed by atoms with van der Waals surface area (Å²) in [6.45, 7) is 9.14. The molecule has 0 aliphatic rings. The van der Waals surface area contributed by atoms with E-state index in [0.717, 1.165) is 0 Å². The first-order chi connectivity index (χ1) is 5.59. The van der Waals surface area contributed by atoms with Gasteiger partial charge in [-0.15, -0.1) is 0 Å². The average Bonchev–Trinajstić information content (AvgIpc) is 1.82. The lowest BCUT2D eigenvalue weighted by atomic mass is 11.3. The lowest BCUT2D eigenvalue weighted by molar-refractivity contribution is 0.567. The fourth-order valence-electron chi connectivity index (χ4n) is 1.10. The molecule has 0 amide bonds. The fourth-order valence-corrected chi connectivity index (χ4v) is 7.80. The molecule has 0 atom stereocenters. The van der Waals surface area contributed by atoms with Crippen LogP contribution in [0.25, 0.3) is 0 Å². The lowest BCUT2D eigenvalue weighted by Gasteiger charge is -2.36. The maximum Gasteiger partial charge on any atom is 0.173 e. The van der Waals surface area contributed by atoms with Gasteiger partial charge in [-0.1, -0.05) is 0 Å². The van der Waals surface area contributed by atoms with Crippen molar-refractivity contribution >= 4 is 15.6 Å². The molecule has 13 heavy (non-hydrogen) atoms. The Morgan fingerprint density at radius 3 is 1.31 bits per heavy atom. The first-order valence-electron chi connectivity index (χ1n) is 4.56. The maximum absolute atomic E-state index is 5.04. The molecule has 0 saturated carbocycles. The highest BCUT2D eigenvalue weighted by Crippen LogP contribution is 2.50. The van der Waals surface area contributed by atoms with Gasteiger partial charge < -0.3 is 4.41 Å². The van der Waals surface area contributed by atoms with Gasteiger partial charge >= 0.3 is 0 Å². The summed E-state index contributed by atoms with van der Waals surface area (Å²) in [5, 5.41) is 0. The van der Waals surface area contributed by atoms with Gasteiger partial charge in [0.15, 0.2) is 8.24 Å². The zero-order valence-corrected chi connectivity index (χ0v) is 12.2. The number of hydrogen-bond acceptors (Lipinski definition) is 1. The summed E-state index contributed by atoms with van der Waals surface area (Å²) in [7, 11) is 5.78. The van der Waals surface area contributed by atoms with E-state index >= 15 is 0 Å². The van der Waals surface area contributed by atoms with E-state index in [-0.39, 0.29) is 0 Å². The van der Waals surface area contributed by atoms with Crippen LogP contribution in [0.1, 0.15) is 0 Å². The van der Waals surface area contributed by atoms with Crippen molar-refractivity contribution in [3.63, 3.8) is 0 Å². The van der Waals surface area contributed by atoms with Crippen LogP contribution >= 0.6 is 7.36 Å². The molecule has 0 fully saturated rings. The topological polar surface area (TPSA) is 18.8 Å². The quantitative estimate of drug-likeness (QED) is 0.539. The standard InChI is InChI=1S/C8H24N3PSi/c1-10(2)12(5,11(3)4)9-13(6,7)8/h1-8H3. The van der Waals surface area contributed by atoms with E-state index in [0.29, 0.717) is 0 Å². The first-order valence-corrected chi connectivity index (χ1v) is 10.1.